The largest absolute Gasteiger partial charge is 0.497 e. The molecule has 4 amide bonds. The van der Waals surface area contributed by atoms with Gasteiger partial charge in [-0.1, -0.05) is 25.0 Å². The van der Waals surface area contributed by atoms with Crippen LogP contribution in [0.4, 0.5) is 4.79 Å². The Kier molecular flexibility index (Phi) is 9.76. The van der Waals surface area contributed by atoms with Crippen LogP contribution in [-0.2, 0) is 35.6 Å². The third kappa shape index (κ3) is 7.20. The summed E-state index contributed by atoms with van der Waals surface area (Å²) in [5, 5.41) is 6.69. The average Bonchev–Trinajstić information content (AvgIpc) is 4.09. The third-order valence-corrected chi connectivity index (χ3v) is 14.8. The maximum atomic E-state index is 14.8. The lowest BCUT2D eigenvalue weighted by Crippen LogP contribution is -2.58. The smallest absolute Gasteiger partial charge is 0.408 e. The van der Waals surface area contributed by atoms with Crippen molar-refractivity contribution in [2.24, 2.45) is 5.92 Å². The Balaban J connectivity index is 1.15. The van der Waals surface area contributed by atoms with Gasteiger partial charge in [-0.3, -0.25) is 19.1 Å². The van der Waals surface area contributed by atoms with Gasteiger partial charge in [0.2, 0.25) is 21.8 Å². The highest BCUT2D eigenvalue weighted by Crippen LogP contribution is 2.52. The molecular weight excluding hydrogens is 739 g/mol. The number of aromatic nitrogens is 1. The molecule has 3 saturated carbocycles. The van der Waals surface area contributed by atoms with E-state index in [4.69, 9.17) is 19.2 Å². The standard InChI is InChI=1S/C41H53N5O9S/c1-24(2)54-38(50)43-31-11-9-7-5-6-8-10-26-21-41(26,37(49)45-56(51,52)39(3)18-19-39)44-35(47)32-22-40(23-46(32)36(31)48)17-16-28-29-20-27(53-4)14-15-30(29)42-33(25-12-13-25)34(28)55-40/h8,10,14-15,20,24-26,31-32H,5-7,9,11-13,16-19,21-23H2,1-4H3,(H,43,50)(H,44,47)(H,45,49)/b10-8-/t26-,31+,32+,40-,41-/m1/s1. The van der Waals surface area contributed by atoms with Crippen molar-refractivity contribution in [3.63, 3.8) is 0 Å². The van der Waals surface area contributed by atoms with Gasteiger partial charge in [-0.15, -0.1) is 0 Å². The number of pyridine rings is 1. The molecule has 4 heterocycles. The minimum atomic E-state index is -3.99. The molecule has 6 aliphatic rings. The Morgan fingerprint density at radius 3 is 2.57 bits per heavy atom. The van der Waals surface area contributed by atoms with Crippen LogP contribution in [0.1, 0.15) is 115 Å². The number of methoxy groups -OCH3 is 1. The van der Waals surface area contributed by atoms with Crippen LogP contribution in [0.15, 0.2) is 30.4 Å². The lowest BCUT2D eigenvalue weighted by atomic mass is 9.86. The summed E-state index contributed by atoms with van der Waals surface area (Å²) >= 11 is 0. The normalized spacial score (nSPS) is 30.4. The van der Waals surface area contributed by atoms with Crippen molar-refractivity contribution in [3.8, 4) is 11.5 Å². The zero-order chi connectivity index (χ0) is 39.6. The molecule has 3 aliphatic heterocycles. The first-order valence-electron chi connectivity index (χ1n) is 20.2. The Morgan fingerprint density at radius 1 is 1.07 bits per heavy atom. The fourth-order valence-electron chi connectivity index (χ4n) is 8.69. The Bertz CT molecular complexity index is 2100. The summed E-state index contributed by atoms with van der Waals surface area (Å²) < 4.78 is 45.7. The first kappa shape index (κ1) is 38.5. The molecule has 3 aliphatic carbocycles. The fraction of sp³-hybridized carbons (Fsp3) is 0.634. The van der Waals surface area contributed by atoms with Gasteiger partial charge in [0.15, 0.2) is 0 Å². The van der Waals surface area contributed by atoms with Crippen LogP contribution in [-0.4, -0.2) is 89.8 Å². The van der Waals surface area contributed by atoms with Crippen LogP contribution in [0, 0.1) is 5.92 Å². The minimum Gasteiger partial charge on any atom is -0.497 e. The van der Waals surface area contributed by atoms with E-state index in [1.54, 1.807) is 27.9 Å². The van der Waals surface area contributed by atoms with Crippen LogP contribution in [0.3, 0.4) is 0 Å². The van der Waals surface area contributed by atoms with E-state index < -0.39 is 73.8 Å². The maximum absolute atomic E-state index is 14.8. The summed E-state index contributed by atoms with van der Waals surface area (Å²) in [4.78, 5) is 63.0. The van der Waals surface area contributed by atoms with E-state index >= 15 is 0 Å². The van der Waals surface area contributed by atoms with Gasteiger partial charge in [-0.25, -0.2) is 18.2 Å². The molecule has 2 aromatic rings. The second kappa shape index (κ2) is 14.2. The van der Waals surface area contributed by atoms with Crippen molar-refractivity contribution in [1.82, 2.24) is 25.2 Å². The van der Waals surface area contributed by atoms with Gasteiger partial charge in [0, 0.05) is 29.2 Å². The maximum Gasteiger partial charge on any atom is 0.408 e. The zero-order valence-electron chi connectivity index (χ0n) is 32.6. The highest BCUT2D eigenvalue weighted by atomic mass is 32.2. The summed E-state index contributed by atoms with van der Waals surface area (Å²) in [6, 6.07) is 3.77. The van der Waals surface area contributed by atoms with Crippen molar-refractivity contribution >= 4 is 44.7 Å². The number of hydrogen-bond donors (Lipinski definition) is 3. The van der Waals surface area contributed by atoms with Gasteiger partial charge in [0.1, 0.15) is 34.7 Å². The number of sulfonamides is 1. The number of ether oxygens (including phenoxy) is 3. The Hall–Kier alpha value is -4.40. The molecular formula is C41H53N5O9S. The van der Waals surface area contributed by atoms with E-state index in [1.165, 1.54) is 4.90 Å². The highest BCUT2D eigenvalue weighted by molar-refractivity contribution is 7.91. The predicted molar refractivity (Wildman–Crippen MR) is 207 cm³/mol. The van der Waals surface area contributed by atoms with E-state index in [9.17, 15) is 27.6 Å². The first-order valence-corrected chi connectivity index (χ1v) is 21.7. The molecule has 3 N–H and O–H groups in total. The zero-order valence-corrected chi connectivity index (χ0v) is 33.5. The van der Waals surface area contributed by atoms with Gasteiger partial charge in [-0.05, 0) is 103 Å². The molecule has 302 valence electrons. The topological polar surface area (TPSA) is 182 Å². The third-order valence-electron chi connectivity index (χ3n) is 12.6. The lowest BCUT2D eigenvalue weighted by molar-refractivity contribution is -0.141. The molecule has 15 heteroatoms. The number of alkyl carbamates (subject to hydrolysis) is 1. The van der Waals surface area contributed by atoms with Crippen molar-refractivity contribution < 1.29 is 41.8 Å². The van der Waals surface area contributed by atoms with Gasteiger partial charge in [-0.2, -0.15) is 0 Å². The van der Waals surface area contributed by atoms with Crippen LogP contribution < -0.4 is 24.8 Å². The average molecular weight is 792 g/mol. The van der Waals surface area contributed by atoms with Gasteiger partial charge in [0.05, 0.1) is 35.7 Å². The van der Waals surface area contributed by atoms with Crippen molar-refractivity contribution in [3.05, 3.63) is 41.6 Å². The van der Waals surface area contributed by atoms with E-state index in [0.29, 0.717) is 56.4 Å². The summed E-state index contributed by atoms with van der Waals surface area (Å²) in [7, 11) is -2.36. The summed E-state index contributed by atoms with van der Waals surface area (Å²) in [5.74, 6) is -0.576. The first-order chi connectivity index (χ1) is 26.7. The lowest BCUT2D eigenvalue weighted by Gasteiger charge is -2.37. The molecule has 1 saturated heterocycles. The number of rotatable bonds is 7. The SMILES string of the molecule is COc1ccc2nc(C3CC3)c3c(c2c1)CC[C@]1(C[C@H]2C(=O)N[C@]4(C(=O)NS(=O)(=O)C5(C)CC5)C[C@H]4/C=C\CCCCC[C@H](NC(=O)OC(C)C)C(=O)N2C1)O3. The molecule has 0 unspecified atom stereocenters. The number of fused-ring (bicyclic) bond motifs is 5. The molecule has 1 aromatic heterocycles. The number of nitrogens with one attached hydrogen (secondary N) is 3. The van der Waals surface area contributed by atoms with E-state index in [0.717, 1.165) is 47.8 Å². The van der Waals surface area contributed by atoms with Crippen molar-refractivity contribution in [2.45, 2.75) is 144 Å². The number of carbonyl (C=O) groups is 4. The fourth-order valence-corrected chi connectivity index (χ4v) is 10.00. The van der Waals surface area contributed by atoms with Crippen LogP contribution >= 0.6 is 0 Å². The molecule has 14 nitrogen and oxygen atoms in total. The second-order valence-corrected chi connectivity index (χ2v) is 19.5. The number of hydrogen-bond acceptors (Lipinski definition) is 10. The van der Waals surface area contributed by atoms with E-state index in [1.807, 2.05) is 30.4 Å². The monoisotopic (exact) mass is 791 g/mol. The number of amides is 4. The van der Waals surface area contributed by atoms with Gasteiger partial charge < -0.3 is 29.7 Å². The molecule has 0 radical (unpaired) electrons. The van der Waals surface area contributed by atoms with Crippen LogP contribution in [0.2, 0.25) is 0 Å². The van der Waals surface area contributed by atoms with Crippen molar-refractivity contribution in [2.75, 3.05) is 13.7 Å². The number of carbonyl (C=O) groups excluding carboxylic acids is 4. The van der Waals surface area contributed by atoms with E-state index in [-0.39, 0.29) is 25.3 Å². The number of allylic oxidation sites excluding steroid dienone is 1. The Morgan fingerprint density at radius 2 is 1.86 bits per heavy atom. The van der Waals surface area contributed by atoms with E-state index in [2.05, 4.69) is 15.4 Å². The molecule has 8 rings (SSSR count). The van der Waals surface area contributed by atoms with Crippen molar-refractivity contribution in [1.29, 1.82) is 0 Å². The molecule has 56 heavy (non-hydrogen) atoms. The number of aryl methyl sites for hydroxylation is 1. The summed E-state index contributed by atoms with van der Waals surface area (Å²) in [5.41, 5.74) is 0.277. The van der Waals surface area contributed by atoms with Gasteiger partial charge in [0.25, 0.3) is 5.91 Å². The molecule has 1 spiro atoms. The van der Waals surface area contributed by atoms with Crippen LogP contribution in [0.25, 0.3) is 10.9 Å². The second-order valence-electron chi connectivity index (χ2n) is 17.3. The molecule has 5 atom stereocenters. The highest BCUT2D eigenvalue weighted by Gasteiger charge is 2.64. The molecule has 0 bridgehead atoms. The molecule has 1 aromatic carbocycles. The quantitative estimate of drug-likeness (QED) is 0.333. The predicted octanol–water partition coefficient (Wildman–Crippen LogP) is 4.68. The summed E-state index contributed by atoms with van der Waals surface area (Å²) in [6.45, 7) is 5.13. The number of nitrogens with zero attached hydrogens (tertiary/aromatic N) is 2. The molecule has 4 fully saturated rings. The Labute approximate surface area is 327 Å². The number of benzene rings is 1. The minimum absolute atomic E-state index is 0.0658. The van der Waals surface area contributed by atoms with Gasteiger partial charge >= 0.3 is 6.09 Å². The summed E-state index contributed by atoms with van der Waals surface area (Å²) in [6.07, 6.45) is 10.3. The van der Waals surface area contributed by atoms with Crippen LogP contribution in [0.5, 0.6) is 11.5 Å².